The van der Waals surface area contributed by atoms with Gasteiger partial charge in [0.2, 0.25) is 5.91 Å². The average Bonchev–Trinajstić information content (AvgIpc) is 2.37. The number of nitrogens with two attached hydrogens (primary N) is 1. The van der Waals surface area contributed by atoms with E-state index in [0.717, 1.165) is 0 Å². The van der Waals surface area contributed by atoms with Gasteiger partial charge < -0.3 is 20.9 Å². The Bertz CT molecular complexity index is 441. The fraction of sp³-hybridized carbons (Fsp3) is 0.714. The van der Waals surface area contributed by atoms with Crippen LogP contribution in [0.25, 0.3) is 0 Å². The van der Waals surface area contributed by atoms with Crippen LogP contribution in [0.4, 0.5) is 0 Å². The van der Waals surface area contributed by atoms with Crippen molar-refractivity contribution < 1.29 is 19.4 Å². The van der Waals surface area contributed by atoms with E-state index in [2.05, 4.69) is 11.2 Å². The molecule has 1 amide bonds. The van der Waals surface area contributed by atoms with E-state index in [1.54, 1.807) is 0 Å². The van der Waals surface area contributed by atoms with Crippen molar-refractivity contribution in [2.45, 2.75) is 51.3 Å². The molecule has 0 heterocycles. The number of aliphatic carboxylic acids is 1. The predicted molar refractivity (Wildman–Crippen MR) is 73.7 cm³/mol. The van der Waals surface area contributed by atoms with Gasteiger partial charge in [-0.2, -0.15) is 0 Å². The summed E-state index contributed by atoms with van der Waals surface area (Å²) < 4.78 is 5.53. The lowest BCUT2D eigenvalue weighted by atomic mass is 9.54. The number of ether oxygens (including phenoxy) is 1. The number of carbonyl (C=O) groups is 2. The third-order valence-corrected chi connectivity index (χ3v) is 4.16. The molecule has 6 heteroatoms. The van der Waals surface area contributed by atoms with Gasteiger partial charge in [-0.15, -0.1) is 12.3 Å². The maximum atomic E-state index is 12.3. The Hall–Kier alpha value is -1.58. The Morgan fingerprint density at radius 2 is 2.20 bits per heavy atom. The number of rotatable bonds is 6. The molecule has 0 bridgehead atoms. The number of amides is 1. The first kappa shape index (κ1) is 16.5. The van der Waals surface area contributed by atoms with Crippen LogP contribution in [0.5, 0.6) is 0 Å². The summed E-state index contributed by atoms with van der Waals surface area (Å²) in [7, 11) is 0. The predicted octanol–water partition coefficient (Wildman–Crippen LogP) is 0.112. The molecule has 0 radical (unpaired) electrons. The molecule has 3 atom stereocenters. The molecule has 3 unspecified atom stereocenters. The molecule has 1 fully saturated rings. The second kappa shape index (κ2) is 5.81. The summed E-state index contributed by atoms with van der Waals surface area (Å²) in [5.41, 5.74) is 4.45. The lowest BCUT2D eigenvalue weighted by Gasteiger charge is -2.57. The number of carbonyl (C=O) groups excluding carboxylic acids is 1. The number of hydrogen-bond acceptors (Lipinski definition) is 4. The van der Waals surface area contributed by atoms with Gasteiger partial charge in [-0.1, -0.05) is 13.8 Å². The van der Waals surface area contributed by atoms with E-state index in [9.17, 15) is 9.59 Å². The molecule has 1 saturated carbocycles. The van der Waals surface area contributed by atoms with E-state index in [4.69, 9.17) is 22.0 Å². The number of nitrogens with one attached hydrogen (secondary N) is 1. The van der Waals surface area contributed by atoms with Crippen molar-refractivity contribution in [3.63, 3.8) is 0 Å². The molecule has 0 aromatic rings. The molecular formula is C14H22N2O4. The van der Waals surface area contributed by atoms with E-state index in [1.807, 2.05) is 20.8 Å². The maximum absolute atomic E-state index is 12.3. The standard InChI is InChI=1S/C14H22N2O4/c1-5-7-9(11(17)18)16-12(19)14(15)8-10(20-6-2)13(14,3)4/h1,9-10H,6-8,15H2,2-4H3,(H,16,19)(H,17,18). The van der Waals surface area contributed by atoms with E-state index >= 15 is 0 Å². The van der Waals surface area contributed by atoms with Gasteiger partial charge in [0, 0.05) is 24.9 Å². The zero-order chi connectivity index (χ0) is 15.6. The highest BCUT2D eigenvalue weighted by Crippen LogP contribution is 2.49. The van der Waals surface area contributed by atoms with Crippen molar-refractivity contribution in [3.8, 4) is 12.3 Å². The molecule has 1 rings (SSSR count). The summed E-state index contributed by atoms with van der Waals surface area (Å²) in [4.78, 5) is 23.3. The van der Waals surface area contributed by atoms with Crippen molar-refractivity contribution in [1.82, 2.24) is 5.32 Å². The summed E-state index contributed by atoms with van der Waals surface area (Å²) in [5.74, 6) is 0.564. The first-order valence-corrected chi connectivity index (χ1v) is 6.58. The van der Waals surface area contributed by atoms with E-state index in [-0.39, 0.29) is 12.5 Å². The number of hydrogen-bond donors (Lipinski definition) is 3. The van der Waals surface area contributed by atoms with Crippen molar-refractivity contribution in [3.05, 3.63) is 0 Å². The molecule has 0 aromatic heterocycles. The van der Waals surface area contributed by atoms with Crippen LogP contribution in [0.2, 0.25) is 0 Å². The first-order chi connectivity index (χ1) is 9.20. The molecule has 1 aliphatic carbocycles. The van der Waals surface area contributed by atoms with Crippen LogP contribution >= 0.6 is 0 Å². The fourth-order valence-electron chi connectivity index (χ4n) is 2.43. The van der Waals surface area contributed by atoms with Gasteiger partial charge in [0.05, 0.1) is 6.10 Å². The Morgan fingerprint density at radius 3 is 2.60 bits per heavy atom. The van der Waals surface area contributed by atoms with Crippen molar-refractivity contribution in [2.75, 3.05) is 6.61 Å². The minimum atomic E-state index is -1.17. The van der Waals surface area contributed by atoms with Crippen LogP contribution in [0.3, 0.4) is 0 Å². The molecule has 1 aliphatic rings. The minimum absolute atomic E-state index is 0.0769. The van der Waals surface area contributed by atoms with Crippen LogP contribution in [-0.2, 0) is 14.3 Å². The second-order valence-electron chi connectivity index (χ2n) is 5.61. The Morgan fingerprint density at radius 1 is 1.60 bits per heavy atom. The third-order valence-electron chi connectivity index (χ3n) is 4.16. The van der Waals surface area contributed by atoms with Crippen molar-refractivity contribution in [2.24, 2.45) is 11.1 Å². The Labute approximate surface area is 119 Å². The zero-order valence-corrected chi connectivity index (χ0v) is 12.1. The number of carboxylic acid groups (broad SMARTS) is 1. The molecule has 0 aromatic carbocycles. The van der Waals surface area contributed by atoms with E-state index in [0.29, 0.717) is 13.0 Å². The SMILES string of the molecule is C#CCC(NC(=O)C1(N)CC(OCC)C1(C)C)C(=O)O. The van der Waals surface area contributed by atoms with Crippen LogP contribution in [0, 0.1) is 17.8 Å². The van der Waals surface area contributed by atoms with Gasteiger partial charge in [0.15, 0.2) is 0 Å². The monoisotopic (exact) mass is 282 g/mol. The fourth-order valence-corrected chi connectivity index (χ4v) is 2.43. The first-order valence-electron chi connectivity index (χ1n) is 6.58. The van der Waals surface area contributed by atoms with E-state index < -0.39 is 28.9 Å². The van der Waals surface area contributed by atoms with Crippen LogP contribution in [0.15, 0.2) is 0 Å². The Kier molecular flexibility index (Phi) is 4.79. The third kappa shape index (κ3) is 2.65. The van der Waals surface area contributed by atoms with Gasteiger partial charge in [-0.3, -0.25) is 4.79 Å². The van der Waals surface area contributed by atoms with Crippen molar-refractivity contribution in [1.29, 1.82) is 0 Å². The highest BCUT2D eigenvalue weighted by atomic mass is 16.5. The quantitative estimate of drug-likeness (QED) is 0.600. The molecule has 112 valence electrons. The zero-order valence-electron chi connectivity index (χ0n) is 12.1. The van der Waals surface area contributed by atoms with Gasteiger partial charge in [-0.25, -0.2) is 4.79 Å². The largest absolute Gasteiger partial charge is 0.480 e. The van der Waals surface area contributed by atoms with Gasteiger partial charge >= 0.3 is 5.97 Å². The topological polar surface area (TPSA) is 102 Å². The number of terminal acetylenes is 1. The summed E-state index contributed by atoms with van der Waals surface area (Å²) in [6, 6.07) is -1.12. The average molecular weight is 282 g/mol. The van der Waals surface area contributed by atoms with E-state index in [1.165, 1.54) is 0 Å². The molecule has 4 N–H and O–H groups in total. The van der Waals surface area contributed by atoms with Crippen LogP contribution in [-0.4, -0.2) is 41.3 Å². The molecule has 20 heavy (non-hydrogen) atoms. The molecule has 6 nitrogen and oxygen atoms in total. The normalized spacial score (nSPS) is 28.9. The maximum Gasteiger partial charge on any atom is 0.327 e. The molecular weight excluding hydrogens is 260 g/mol. The van der Waals surface area contributed by atoms with Crippen LogP contribution < -0.4 is 11.1 Å². The summed E-state index contributed by atoms with van der Waals surface area (Å²) in [6.07, 6.45) is 5.27. The smallest absolute Gasteiger partial charge is 0.327 e. The molecule has 0 aliphatic heterocycles. The Balaban J connectivity index is 2.78. The number of carboxylic acids is 1. The highest BCUT2D eigenvalue weighted by Gasteiger charge is 2.63. The van der Waals surface area contributed by atoms with Gasteiger partial charge in [-0.05, 0) is 6.92 Å². The molecule has 0 saturated heterocycles. The second-order valence-corrected chi connectivity index (χ2v) is 5.61. The summed E-state index contributed by atoms with van der Waals surface area (Å²) in [6.45, 7) is 6.10. The summed E-state index contributed by atoms with van der Waals surface area (Å²) >= 11 is 0. The lowest BCUT2D eigenvalue weighted by Crippen LogP contribution is -2.76. The minimum Gasteiger partial charge on any atom is -0.480 e. The van der Waals surface area contributed by atoms with Crippen molar-refractivity contribution >= 4 is 11.9 Å². The van der Waals surface area contributed by atoms with Gasteiger partial charge in [0.1, 0.15) is 11.6 Å². The van der Waals surface area contributed by atoms with Crippen LogP contribution in [0.1, 0.15) is 33.6 Å². The highest BCUT2D eigenvalue weighted by molar-refractivity contribution is 5.92. The lowest BCUT2D eigenvalue weighted by molar-refractivity contribution is -0.172. The van der Waals surface area contributed by atoms with Gasteiger partial charge in [0.25, 0.3) is 0 Å². The summed E-state index contributed by atoms with van der Waals surface area (Å²) in [5, 5.41) is 11.4. The molecule has 0 spiro atoms.